The first kappa shape index (κ1) is 20.6. The molecular weight excluding hydrogens is 419 g/mol. The second-order valence-electron chi connectivity index (χ2n) is 6.02. The molecule has 0 aliphatic carbocycles. The fraction of sp³-hybridized carbons (Fsp3) is 0.158. The van der Waals surface area contributed by atoms with Crippen molar-refractivity contribution in [3.05, 3.63) is 73.9 Å². The zero-order valence-corrected chi connectivity index (χ0v) is 16.8. The quantitative estimate of drug-likeness (QED) is 0.316. The van der Waals surface area contributed by atoms with Crippen LogP contribution in [0, 0.1) is 17.0 Å². The number of nitrogens with one attached hydrogen (secondary N) is 2. The van der Waals surface area contributed by atoms with Gasteiger partial charge in [0.15, 0.2) is 0 Å². The molecule has 0 bridgehead atoms. The van der Waals surface area contributed by atoms with E-state index in [2.05, 4.69) is 15.8 Å². The van der Waals surface area contributed by atoms with E-state index in [1.54, 1.807) is 43.3 Å². The summed E-state index contributed by atoms with van der Waals surface area (Å²) in [7, 11) is 0. The van der Waals surface area contributed by atoms with Gasteiger partial charge in [0, 0.05) is 24.7 Å². The topological polar surface area (TPSA) is 110 Å². The molecule has 8 nitrogen and oxygen atoms in total. The SMILES string of the molecule is Cc1onc(-c2c(Cl)cccc2Cl)c1C(=O)NCCNc1ccccc1[N+](=O)[O-]. The van der Waals surface area contributed by atoms with Crippen molar-refractivity contribution in [2.45, 2.75) is 6.92 Å². The minimum Gasteiger partial charge on any atom is -0.378 e. The fourth-order valence-electron chi connectivity index (χ4n) is 2.78. The van der Waals surface area contributed by atoms with Crippen LogP contribution in [0.4, 0.5) is 11.4 Å². The van der Waals surface area contributed by atoms with Crippen LogP contribution in [-0.2, 0) is 0 Å². The summed E-state index contributed by atoms with van der Waals surface area (Å²) in [6.07, 6.45) is 0. The number of hydrogen-bond donors (Lipinski definition) is 2. The lowest BCUT2D eigenvalue weighted by Gasteiger charge is -2.09. The second kappa shape index (κ2) is 8.93. The third-order valence-electron chi connectivity index (χ3n) is 4.12. The van der Waals surface area contributed by atoms with Gasteiger partial charge in [0.25, 0.3) is 11.6 Å². The Labute approximate surface area is 175 Å². The highest BCUT2D eigenvalue weighted by Gasteiger charge is 2.24. The van der Waals surface area contributed by atoms with Gasteiger partial charge in [-0.15, -0.1) is 0 Å². The summed E-state index contributed by atoms with van der Waals surface area (Å²) in [5, 5.41) is 21.3. The third-order valence-corrected chi connectivity index (χ3v) is 4.75. The Bertz CT molecular complexity index is 1050. The summed E-state index contributed by atoms with van der Waals surface area (Å²) in [4.78, 5) is 23.3. The monoisotopic (exact) mass is 434 g/mol. The van der Waals surface area contributed by atoms with Crippen LogP contribution in [0.2, 0.25) is 10.0 Å². The second-order valence-corrected chi connectivity index (χ2v) is 6.83. The molecule has 2 aromatic carbocycles. The van der Waals surface area contributed by atoms with Crippen LogP contribution in [0.15, 0.2) is 47.0 Å². The van der Waals surface area contributed by atoms with Gasteiger partial charge < -0.3 is 15.2 Å². The van der Waals surface area contributed by atoms with Crippen LogP contribution in [0.1, 0.15) is 16.1 Å². The van der Waals surface area contributed by atoms with E-state index in [-0.39, 0.29) is 30.0 Å². The summed E-state index contributed by atoms with van der Waals surface area (Å²) in [6, 6.07) is 11.3. The number of aryl methyl sites for hydroxylation is 1. The maximum absolute atomic E-state index is 12.7. The minimum absolute atomic E-state index is 0.0376. The molecule has 0 fully saturated rings. The Kier molecular flexibility index (Phi) is 6.36. The summed E-state index contributed by atoms with van der Waals surface area (Å²) in [5.41, 5.74) is 1.23. The van der Waals surface area contributed by atoms with Gasteiger partial charge in [-0.05, 0) is 25.1 Å². The van der Waals surface area contributed by atoms with E-state index in [9.17, 15) is 14.9 Å². The van der Waals surface area contributed by atoms with E-state index in [0.29, 0.717) is 27.1 Å². The number of hydrogen-bond acceptors (Lipinski definition) is 6. The zero-order chi connectivity index (χ0) is 21.0. The number of nitro benzene ring substituents is 1. The van der Waals surface area contributed by atoms with Crippen molar-refractivity contribution in [3.63, 3.8) is 0 Å². The van der Waals surface area contributed by atoms with Crippen molar-refractivity contribution < 1.29 is 14.2 Å². The first-order valence-corrected chi connectivity index (χ1v) is 9.32. The molecule has 3 rings (SSSR count). The largest absolute Gasteiger partial charge is 0.378 e. The van der Waals surface area contributed by atoms with Gasteiger partial charge >= 0.3 is 0 Å². The standard InChI is InChI=1S/C19H16Cl2N4O4/c1-11-16(18(24-29-11)17-12(20)5-4-6-13(17)21)19(26)23-10-9-22-14-7-2-3-8-15(14)25(27)28/h2-8,22H,9-10H2,1H3,(H,23,26). The summed E-state index contributed by atoms with van der Waals surface area (Å²) in [5.74, 6) is -0.0979. The lowest BCUT2D eigenvalue weighted by molar-refractivity contribution is -0.384. The van der Waals surface area contributed by atoms with Crippen LogP contribution in [0.3, 0.4) is 0 Å². The Morgan fingerprint density at radius 1 is 1.14 bits per heavy atom. The predicted molar refractivity (Wildman–Crippen MR) is 111 cm³/mol. The lowest BCUT2D eigenvalue weighted by atomic mass is 10.1. The van der Waals surface area contributed by atoms with Gasteiger partial charge in [0.2, 0.25) is 0 Å². The molecule has 0 spiro atoms. The third kappa shape index (κ3) is 4.49. The molecule has 0 aliphatic heterocycles. The van der Waals surface area contributed by atoms with Crippen molar-refractivity contribution in [2.75, 3.05) is 18.4 Å². The molecular formula is C19H16Cl2N4O4. The van der Waals surface area contributed by atoms with Crippen LogP contribution in [0.25, 0.3) is 11.3 Å². The van der Waals surface area contributed by atoms with Crippen LogP contribution >= 0.6 is 23.2 Å². The molecule has 29 heavy (non-hydrogen) atoms. The molecule has 2 N–H and O–H groups in total. The van der Waals surface area contributed by atoms with Gasteiger partial charge in [-0.1, -0.05) is 46.6 Å². The fourth-order valence-corrected chi connectivity index (χ4v) is 3.35. The van der Waals surface area contributed by atoms with Gasteiger partial charge in [-0.2, -0.15) is 0 Å². The molecule has 1 amide bonds. The summed E-state index contributed by atoms with van der Waals surface area (Å²) in [6.45, 7) is 2.11. The van der Waals surface area contributed by atoms with Crippen LogP contribution < -0.4 is 10.6 Å². The van der Waals surface area contributed by atoms with E-state index in [4.69, 9.17) is 27.7 Å². The molecule has 0 saturated heterocycles. The smallest absolute Gasteiger partial charge is 0.292 e. The maximum Gasteiger partial charge on any atom is 0.292 e. The number of rotatable bonds is 7. The van der Waals surface area contributed by atoms with Crippen LogP contribution in [0.5, 0.6) is 0 Å². The van der Waals surface area contributed by atoms with Gasteiger partial charge in [-0.25, -0.2) is 0 Å². The van der Waals surface area contributed by atoms with Crippen molar-refractivity contribution in [1.82, 2.24) is 10.5 Å². The lowest BCUT2D eigenvalue weighted by Crippen LogP contribution is -2.29. The van der Waals surface area contributed by atoms with E-state index in [1.807, 2.05) is 0 Å². The molecule has 0 atom stereocenters. The number of halogens is 2. The first-order chi connectivity index (χ1) is 13.9. The Morgan fingerprint density at radius 3 is 2.52 bits per heavy atom. The van der Waals surface area contributed by atoms with E-state index in [1.165, 1.54) is 6.07 Å². The number of nitro groups is 1. The first-order valence-electron chi connectivity index (χ1n) is 8.56. The summed E-state index contributed by atoms with van der Waals surface area (Å²) < 4.78 is 5.18. The molecule has 0 unspecified atom stereocenters. The number of para-hydroxylation sites is 2. The number of nitrogens with zero attached hydrogens (tertiary/aromatic N) is 2. The highest BCUT2D eigenvalue weighted by atomic mass is 35.5. The van der Waals surface area contributed by atoms with Crippen molar-refractivity contribution in [1.29, 1.82) is 0 Å². The Hall–Kier alpha value is -3.10. The maximum atomic E-state index is 12.7. The van der Waals surface area contributed by atoms with E-state index in [0.717, 1.165) is 0 Å². The normalized spacial score (nSPS) is 10.6. The molecule has 3 aromatic rings. The van der Waals surface area contributed by atoms with Crippen molar-refractivity contribution in [3.8, 4) is 11.3 Å². The Balaban J connectivity index is 1.70. The van der Waals surface area contributed by atoms with Crippen molar-refractivity contribution in [2.24, 2.45) is 0 Å². The molecule has 1 aromatic heterocycles. The molecule has 0 aliphatic rings. The van der Waals surface area contributed by atoms with Gasteiger partial charge in [-0.3, -0.25) is 14.9 Å². The van der Waals surface area contributed by atoms with E-state index >= 15 is 0 Å². The highest BCUT2D eigenvalue weighted by Crippen LogP contribution is 2.36. The average molecular weight is 435 g/mol. The van der Waals surface area contributed by atoms with E-state index < -0.39 is 10.8 Å². The molecule has 1 heterocycles. The summed E-state index contributed by atoms with van der Waals surface area (Å²) >= 11 is 12.4. The van der Waals surface area contributed by atoms with Crippen molar-refractivity contribution >= 4 is 40.5 Å². The predicted octanol–water partition coefficient (Wildman–Crippen LogP) is 4.71. The molecule has 0 radical (unpaired) electrons. The molecule has 10 heteroatoms. The molecule has 0 saturated carbocycles. The number of aromatic nitrogens is 1. The molecule has 150 valence electrons. The number of anilines is 1. The number of carbonyl (C=O) groups is 1. The van der Waals surface area contributed by atoms with Gasteiger partial charge in [0.05, 0.1) is 15.0 Å². The Morgan fingerprint density at radius 2 is 1.83 bits per heavy atom. The highest BCUT2D eigenvalue weighted by molar-refractivity contribution is 6.39. The minimum atomic E-state index is -0.471. The van der Waals surface area contributed by atoms with Gasteiger partial charge in [0.1, 0.15) is 22.7 Å². The number of benzene rings is 2. The number of amides is 1. The van der Waals surface area contributed by atoms with Crippen LogP contribution in [-0.4, -0.2) is 29.1 Å². The number of carbonyl (C=O) groups excluding carboxylic acids is 1. The average Bonchev–Trinajstić information content (AvgIpc) is 3.06. The zero-order valence-electron chi connectivity index (χ0n) is 15.2.